The summed E-state index contributed by atoms with van der Waals surface area (Å²) in [5.41, 5.74) is 3.03. The van der Waals surface area contributed by atoms with Gasteiger partial charge in [-0.15, -0.1) is 11.3 Å². The van der Waals surface area contributed by atoms with Gasteiger partial charge in [0.1, 0.15) is 0 Å². The van der Waals surface area contributed by atoms with Crippen LogP contribution in [0.5, 0.6) is 0 Å². The standard InChI is InChI=1S/C11H18N4OS/c1-7-3-8(7)4-15(2)5-9-6-17-11(13-9)10(16)14-12/h6-8H,3-5,12H2,1-2H3,(H,14,16). The molecule has 1 heterocycles. The first-order chi connectivity index (χ1) is 8.10. The number of carbonyl (C=O) groups is 1. The Balaban J connectivity index is 1.85. The maximum atomic E-state index is 11.2. The Bertz CT molecular complexity index is 406. The third-order valence-electron chi connectivity index (χ3n) is 3.13. The Morgan fingerprint density at radius 1 is 1.76 bits per heavy atom. The van der Waals surface area contributed by atoms with E-state index in [0.29, 0.717) is 5.01 Å². The van der Waals surface area contributed by atoms with E-state index in [4.69, 9.17) is 5.84 Å². The van der Waals surface area contributed by atoms with Crippen LogP contribution >= 0.6 is 11.3 Å². The highest BCUT2D eigenvalue weighted by Crippen LogP contribution is 2.38. The molecule has 1 saturated carbocycles. The third-order valence-corrected chi connectivity index (χ3v) is 4.02. The first kappa shape index (κ1) is 12.5. The summed E-state index contributed by atoms with van der Waals surface area (Å²) in [5.74, 6) is 6.45. The Hall–Kier alpha value is -0.980. The van der Waals surface area contributed by atoms with E-state index in [-0.39, 0.29) is 5.91 Å². The second-order valence-corrected chi connectivity index (χ2v) is 5.65. The largest absolute Gasteiger partial charge is 0.300 e. The van der Waals surface area contributed by atoms with Crippen LogP contribution in [-0.2, 0) is 6.54 Å². The molecular formula is C11H18N4OS. The first-order valence-electron chi connectivity index (χ1n) is 5.74. The molecule has 1 aliphatic carbocycles. The van der Waals surface area contributed by atoms with Crippen LogP contribution in [0.25, 0.3) is 0 Å². The molecule has 5 nitrogen and oxygen atoms in total. The number of hydrogen-bond acceptors (Lipinski definition) is 5. The SMILES string of the molecule is CC1CC1CN(C)Cc1csc(C(=O)NN)n1. The molecule has 3 N–H and O–H groups in total. The molecule has 0 aliphatic heterocycles. The number of hydrazine groups is 1. The van der Waals surface area contributed by atoms with Crippen LogP contribution < -0.4 is 11.3 Å². The summed E-state index contributed by atoms with van der Waals surface area (Å²) in [7, 11) is 2.09. The van der Waals surface area contributed by atoms with E-state index < -0.39 is 0 Å². The van der Waals surface area contributed by atoms with Crippen LogP contribution in [-0.4, -0.2) is 29.4 Å². The van der Waals surface area contributed by atoms with E-state index in [1.807, 2.05) is 5.38 Å². The predicted octanol–water partition coefficient (Wildman–Crippen LogP) is 0.834. The molecule has 17 heavy (non-hydrogen) atoms. The summed E-state index contributed by atoms with van der Waals surface area (Å²) < 4.78 is 0. The van der Waals surface area contributed by atoms with Crippen molar-refractivity contribution in [2.45, 2.75) is 19.9 Å². The van der Waals surface area contributed by atoms with Gasteiger partial charge in [-0.25, -0.2) is 10.8 Å². The van der Waals surface area contributed by atoms with Crippen molar-refractivity contribution in [1.29, 1.82) is 0 Å². The molecule has 94 valence electrons. The highest BCUT2D eigenvalue weighted by Gasteiger charge is 2.33. The minimum absolute atomic E-state index is 0.320. The van der Waals surface area contributed by atoms with Crippen LogP contribution in [0.4, 0.5) is 0 Å². The number of carbonyl (C=O) groups excluding carboxylic acids is 1. The van der Waals surface area contributed by atoms with Gasteiger partial charge in [-0.2, -0.15) is 0 Å². The molecule has 0 radical (unpaired) electrons. The van der Waals surface area contributed by atoms with Gasteiger partial charge in [0.25, 0.3) is 5.91 Å². The fourth-order valence-electron chi connectivity index (χ4n) is 1.94. The van der Waals surface area contributed by atoms with Crippen molar-refractivity contribution in [3.05, 3.63) is 16.1 Å². The van der Waals surface area contributed by atoms with Gasteiger partial charge in [0.2, 0.25) is 0 Å². The molecule has 0 aromatic carbocycles. The lowest BCUT2D eigenvalue weighted by Gasteiger charge is -2.14. The van der Waals surface area contributed by atoms with Crippen molar-refractivity contribution >= 4 is 17.2 Å². The van der Waals surface area contributed by atoms with Crippen LogP contribution in [0.2, 0.25) is 0 Å². The number of rotatable bonds is 5. The Morgan fingerprint density at radius 2 is 2.47 bits per heavy atom. The summed E-state index contributed by atoms with van der Waals surface area (Å²) in [6, 6.07) is 0. The maximum absolute atomic E-state index is 11.2. The number of nitrogen functional groups attached to an aromatic ring is 1. The molecule has 1 aliphatic rings. The fraction of sp³-hybridized carbons (Fsp3) is 0.636. The summed E-state index contributed by atoms with van der Waals surface area (Å²) in [4.78, 5) is 17.8. The molecule has 1 aromatic rings. The molecule has 6 heteroatoms. The Labute approximate surface area is 105 Å². The minimum Gasteiger partial charge on any atom is -0.300 e. The van der Waals surface area contributed by atoms with Crippen molar-refractivity contribution in [1.82, 2.24) is 15.3 Å². The number of nitrogens with zero attached hydrogens (tertiary/aromatic N) is 2. The monoisotopic (exact) mass is 254 g/mol. The molecule has 2 unspecified atom stereocenters. The molecule has 1 amide bonds. The molecule has 2 rings (SSSR count). The molecule has 0 spiro atoms. The van der Waals surface area contributed by atoms with Crippen molar-refractivity contribution in [3.63, 3.8) is 0 Å². The van der Waals surface area contributed by atoms with Crippen molar-refractivity contribution in [2.24, 2.45) is 17.7 Å². The van der Waals surface area contributed by atoms with Gasteiger partial charge in [0.15, 0.2) is 5.01 Å². The molecule has 0 bridgehead atoms. The Kier molecular flexibility index (Phi) is 3.76. The van der Waals surface area contributed by atoms with Gasteiger partial charge >= 0.3 is 0 Å². The number of thiazole rings is 1. The molecule has 0 saturated heterocycles. The second-order valence-electron chi connectivity index (χ2n) is 4.79. The van der Waals surface area contributed by atoms with E-state index in [0.717, 1.165) is 30.6 Å². The highest BCUT2D eigenvalue weighted by molar-refractivity contribution is 7.11. The van der Waals surface area contributed by atoms with Crippen molar-refractivity contribution in [3.8, 4) is 0 Å². The average molecular weight is 254 g/mol. The van der Waals surface area contributed by atoms with Crippen LogP contribution in [0, 0.1) is 11.8 Å². The highest BCUT2D eigenvalue weighted by atomic mass is 32.1. The van der Waals surface area contributed by atoms with Gasteiger partial charge in [-0.05, 0) is 25.3 Å². The van der Waals surface area contributed by atoms with E-state index in [9.17, 15) is 4.79 Å². The Morgan fingerprint density at radius 3 is 3.06 bits per heavy atom. The fourth-order valence-corrected chi connectivity index (χ4v) is 2.65. The van der Waals surface area contributed by atoms with Crippen molar-refractivity contribution < 1.29 is 4.79 Å². The first-order valence-corrected chi connectivity index (χ1v) is 6.62. The predicted molar refractivity (Wildman–Crippen MR) is 67.4 cm³/mol. The number of hydrogen-bond donors (Lipinski definition) is 2. The number of aromatic nitrogens is 1. The van der Waals surface area contributed by atoms with E-state index in [1.165, 1.54) is 17.8 Å². The zero-order valence-electron chi connectivity index (χ0n) is 10.1. The van der Waals surface area contributed by atoms with Crippen LogP contribution in [0.15, 0.2) is 5.38 Å². The van der Waals surface area contributed by atoms with Crippen LogP contribution in [0.3, 0.4) is 0 Å². The van der Waals surface area contributed by atoms with Gasteiger partial charge in [0.05, 0.1) is 5.69 Å². The lowest BCUT2D eigenvalue weighted by molar-refractivity contribution is 0.0953. The minimum atomic E-state index is -0.320. The number of nitrogens with one attached hydrogen (secondary N) is 1. The number of nitrogens with two attached hydrogens (primary N) is 1. The maximum Gasteiger partial charge on any atom is 0.294 e. The normalized spacial score (nSPS) is 22.8. The lowest BCUT2D eigenvalue weighted by atomic mass is 10.3. The summed E-state index contributed by atoms with van der Waals surface area (Å²) in [6.45, 7) is 4.18. The topological polar surface area (TPSA) is 71.2 Å². The molecule has 1 aromatic heterocycles. The van der Waals surface area contributed by atoms with Gasteiger partial charge in [0, 0.05) is 18.5 Å². The quantitative estimate of drug-likeness (QED) is 0.464. The molecule has 1 fully saturated rings. The summed E-state index contributed by atoms with van der Waals surface area (Å²) in [6.07, 6.45) is 1.34. The number of amides is 1. The summed E-state index contributed by atoms with van der Waals surface area (Å²) >= 11 is 1.33. The third kappa shape index (κ3) is 3.24. The lowest BCUT2D eigenvalue weighted by Crippen LogP contribution is -2.30. The van der Waals surface area contributed by atoms with Gasteiger partial charge in [-0.1, -0.05) is 6.92 Å². The van der Waals surface area contributed by atoms with E-state index >= 15 is 0 Å². The van der Waals surface area contributed by atoms with Gasteiger partial charge in [-0.3, -0.25) is 10.2 Å². The average Bonchev–Trinajstić information content (AvgIpc) is 2.80. The molecular weight excluding hydrogens is 236 g/mol. The smallest absolute Gasteiger partial charge is 0.294 e. The van der Waals surface area contributed by atoms with E-state index in [1.54, 1.807) is 0 Å². The second kappa shape index (κ2) is 5.12. The zero-order chi connectivity index (χ0) is 12.4. The van der Waals surface area contributed by atoms with E-state index in [2.05, 4.69) is 29.3 Å². The van der Waals surface area contributed by atoms with Crippen molar-refractivity contribution in [2.75, 3.05) is 13.6 Å². The van der Waals surface area contributed by atoms with Gasteiger partial charge < -0.3 is 4.90 Å². The zero-order valence-corrected chi connectivity index (χ0v) is 11.0. The summed E-state index contributed by atoms with van der Waals surface area (Å²) in [5, 5.41) is 2.34. The van der Waals surface area contributed by atoms with Crippen LogP contribution in [0.1, 0.15) is 28.8 Å². The molecule has 2 atom stereocenters.